The van der Waals surface area contributed by atoms with Gasteiger partial charge in [0.15, 0.2) is 0 Å². The first-order valence-corrected chi connectivity index (χ1v) is 8.80. The molecule has 1 N–H and O–H groups in total. The van der Waals surface area contributed by atoms with Crippen molar-refractivity contribution in [2.24, 2.45) is 0 Å². The van der Waals surface area contributed by atoms with Crippen molar-refractivity contribution in [3.05, 3.63) is 22.8 Å². The van der Waals surface area contributed by atoms with Crippen molar-refractivity contribution in [3.8, 4) is 0 Å². The van der Waals surface area contributed by atoms with E-state index in [9.17, 15) is 0 Å². The molecule has 1 aromatic heterocycles. The lowest BCUT2D eigenvalue weighted by atomic mass is 9.98. The Bertz CT molecular complexity index is 471. The lowest BCUT2D eigenvalue weighted by Gasteiger charge is -2.37. The number of aromatic nitrogens is 1. The quantitative estimate of drug-likeness (QED) is 0.856. The predicted molar refractivity (Wildman–Crippen MR) is 89.0 cm³/mol. The Kier molecular flexibility index (Phi) is 5.02. The summed E-state index contributed by atoms with van der Waals surface area (Å²) >= 11 is 6.53. The van der Waals surface area contributed by atoms with Crippen molar-refractivity contribution >= 4 is 17.4 Å². The van der Waals surface area contributed by atoms with Crippen molar-refractivity contribution in [3.63, 3.8) is 0 Å². The normalized spacial score (nSPS) is 22.6. The minimum atomic E-state index is 0.615. The van der Waals surface area contributed by atoms with Crippen LogP contribution < -0.4 is 10.2 Å². The van der Waals surface area contributed by atoms with Crippen LogP contribution in [0.3, 0.4) is 0 Å². The zero-order valence-electron chi connectivity index (χ0n) is 12.9. The summed E-state index contributed by atoms with van der Waals surface area (Å²) in [5.74, 6) is 0.991. The summed E-state index contributed by atoms with van der Waals surface area (Å²) in [5, 5.41) is 4.33. The molecule has 0 radical (unpaired) electrons. The van der Waals surface area contributed by atoms with E-state index in [0.29, 0.717) is 6.04 Å². The van der Waals surface area contributed by atoms with Crippen LogP contribution in [0.5, 0.6) is 0 Å². The summed E-state index contributed by atoms with van der Waals surface area (Å²) in [6, 6.07) is 3.43. The summed E-state index contributed by atoms with van der Waals surface area (Å²) in [6.45, 7) is 4.24. The molecule has 4 heteroatoms. The van der Waals surface area contributed by atoms with Crippen molar-refractivity contribution in [1.82, 2.24) is 10.3 Å². The molecule has 1 unspecified atom stereocenters. The molecule has 3 rings (SSSR count). The van der Waals surface area contributed by atoms with Crippen LogP contribution in [0.25, 0.3) is 0 Å². The van der Waals surface area contributed by atoms with Crippen LogP contribution in [0.4, 0.5) is 5.82 Å². The topological polar surface area (TPSA) is 28.2 Å². The van der Waals surface area contributed by atoms with E-state index in [4.69, 9.17) is 11.6 Å². The molecule has 2 fully saturated rings. The molecular weight excluding hydrogens is 282 g/mol. The Morgan fingerprint density at radius 1 is 1.33 bits per heavy atom. The van der Waals surface area contributed by atoms with E-state index in [1.165, 1.54) is 50.5 Å². The Morgan fingerprint density at radius 3 is 2.90 bits per heavy atom. The molecule has 3 nitrogen and oxygen atoms in total. The van der Waals surface area contributed by atoms with Crippen LogP contribution in [-0.2, 0) is 6.54 Å². The van der Waals surface area contributed by atoms with Gasteiger partial charge in [-0.1, -0.05) is 24.9 Å². The van der Waals surface area contributed by atoms with Gasteiger partial charge in [0.25, 0.3) is 0 Å². The van der Waals surface area contributed by atoms with Gasteiger partial charge in [-0.15, -0.1) is 0 Å². The van der Waals surface area contributed by atoms with Crippen LogP contribution in [0, 0.1) is 0 Å². The summed E-state index contributed by atoms with van der Waals surface area (Å²) in [4.78, 5) is 7.12. The second-order valence-corrected chi connectivity index (χ2v) is 6.84. The van der Waals surface area contributed by atoms with Gasteiger partial charge in [0.2, 0.25) is 0 Å². The van der Waals surface area contributed by atoms with E-state index in [2.05, 4.69) is 28.2 Å². The maximum Gasteiger partial charge on any atom is 0.147 e. The monoisotopic (exact) mass is 307 g/mol. The van der Waals surface area contributed by atoms with Gasteiger partial charge >= 0.3 is 0 Å². The number of halogens is 1. The first-order chi connectivity index (χ1) is 10.3. The fourth-order valence-electron chi connectivity index (χ4n) is 3.24. The fraction of sp³-hybridized carbons (Fsp3) is 0.706. The maximum absolute atomic E-state index is 6.53. The van der Waals surface area contributed by atoms with E-state index in [0.717, 1.165) is 30.0 Å². The first kappa shape index (κ1) is 15.1. The highest BCUT2D eigenvalue weighted by Crippen LogP contribution is 2.31. The number of nitrogens with one attached hydrogen (secondary N) is 1. The molecule has 1 saturated heterocycles. The molecule has 1 atom stereocenters. The zero-order chi connectivity index (χ0) is 14.7. The SMILES string of the molecule is CCCC1CCCCN1c1ncc(CNC2CC2)cc1Cl. The molecule has 1 saturated carbocycles. The van der Waals surface area contributed by atoms with Crippen molar-refractivity contribution in [2.75, 3.05) is 11.4 Å². The standard InChI is InChI=1S/C17H26ClN3/c1-2-5-15-6-3-4-9-21(15)17-16(18)10-13(12-20-17)11-19-14-7-8-14/h10,12,14-15,19H,2-9,11H2,1H3. The Labute approximate surface area is 133 Å². The average molecular weight is 308 g/mol. The fourth-order valence-corrected chi connectivity index (χ4v) is 3.54. The number of nitrogens with zero attached hydrogens (tertiary/aromatic N) is 2. The van der Waals surface area contributed by atoms with Gasteiger partial charge in [-0.25, -0.2) is 4.98 Å². The van der Waals surface area contributed by atoms with Gasteiger partial charge in [-0.2, -0.15) is 0 Å². The van der Waals surface area contributed by atoms with E-state index in [-0.39, 0.29) is 0 Å². The minimum absolute atomic E-state index is 0.615. The van der Waals surface area contributed by atoms with Crippen molar-refractivity contribution in [2.45, 2.75) is 70.5 Å². The van der Waals surface area contributed by atoms with Gasteiger partial charge in [0.05, 0.1) is 5.02 Å². The van der Waals surface area contributed by atoms with E-state index in [1.54, 1.807) is 0 Å². The summed E-state index contributed by atoms with van der Waals surface area (Å²) in [6.07, 6.45) is 10.9. The second kappa shape index (κ2) is 6.97. The first-order valence-electron chi connectivity index (χ1n) is 8.42. The molecular formula is C17H26ClN3. The number of hydrogen-bond donors (Lipinski definition) is 1. The van der Waals surface area contributed by atoms with E-state index >= 15 is 0 Å². The van der Waals surface area contributed by atoms with E-state index < -0.39 is 0 Å². The highest BCUT2D eigenvalue weighted by Gasteiger charge is 2.25. The van der Waals surface area contributed by atoms with Gasteiger partial charge in [-0.3, -0.25) is 0 Å². The van der Waals surface area contributed by atoms with Crippen LogP contribution in [0.1, 0.15) is 57.4 Å². The Morgan fingerprint density at radius 2 is 2.19 bits per heavy atom. The summed E-state index contributed by atoms with van der Waals surface area (Å²) in [7, 11) is 0. The van der Waals surface area contributed by atoms with Gasteiger partial charge in [0.1, 0.15) is 5.82 Å². The molecule has 2 aliphatic rings. The highest BCUT2D eigenvalue weighted by atomic mass is 35.5. The molecule has 0 amide bonds. The smallest absolute Gasteiger partial charge is 0.147 e. The van der Waals surface area contributed by atoms with Crippen LogP contribution in [0.15, 0.2) is 12.3 Å². The third kappa shape index (κ3) is 3.89. The third-order valence-corrected chi connectivity index (χ3v) is 4.85. The van der Waals surface area contributed by atoms with Gasteiger partial charge in [-0.05, 0) is 50.2 Å². The lowest BCUT2D eigenvalue weighted by molar-refractivity contribution is 0.432. The van der Waals surface area contributed by atoms with Crippen LogP contribution in [0.2, 0.25) is 5.02 Å². The average Bonchev–Trinajstić information content (AvgIpc) is 3.31. The highest BCUT2D eigenvalue weighted by molar-refractivity contribution is 6.33. The number of pyridine rings is 1. The second-order valence-electron chi connectivity index (χ2n) is 6.44. The number of rotatable bonds is 6. The number of piperidine rings is 1. The summed E-state index contributed by atoms with van der Waals surface area (Å²) < 4.78 is 0. The molecule has 1 aromatic rings. The molecule has 2 heterocycles. The zero-order valence-corrected chi connectivity index (χ0v) is 13.7. The maximum atomic E-state index is 6.53. The van der Waals surface area contributed by atoms with Crippen molar-refractivity contribution in [1.29, 1.82) is 0 Å². The Balaban J connectivity index is 1.70. The Hall–Kier alpha value is -0.800. The third-order valence-electron chi connectivity index (χ3n) is 4.57. The number of anilines is 1. The van der Waals surface area contributed by atoms with Gasteiger partial charge in [0, 0.05) is 31.4 Å². The van der Waals surface area contributed by atoms with Crippen LogP contribution >= 0.6 is 11.6 Å². The van der Waals surface area contributed by atoms with E-state index in [1.807, 2.05) is 6.20 Å². The minimum Gasteiger partial charge on any atom is -0.352 e. The predicted octanol–water partition coefficient (Wildman–Crippen LogP) is 4.15. The summed E-state index contributed by atoms with van der Waals surface area (Å²) in [5.41, 5.74) is 1.19. The largest absolute Gasteiger partial charge is 0.352 e. The van der Waals surface area contributed by atoms with Crippen molar-refractivity contribution < 1.29 is 0 Å². The van der Waals surface area contributed by atoms with Gasteiger partial charge < -0.3 is 10.2 Å². The number of hydrogen-bond acceptors (Lipinski definition) is 3. The molecule has 116 valence electrons. The van der Waals surface area contributed by atoms with Crippen LogP contribution in [-0.4, -0.2) is 23.6 Å². The molecule has 0 bridgehead atoms. The molecule has 0 spiro atoms. The molecule has 0 aromatic carbocycles. The molecule has 1 aliphatic carbocycles. The molecule has 1 aliphatic heterocycles. The lowest BCUT2D eigenvalue weighted by Crippen LogP contribution is -2.40. The molecule has 21 heavy (non-hydrogen) atoms.